The Morgan fingerprint density at radius 3 is 2.14 bits per heavy atom. The van der Waals surface area contributed by atoms with E-state index in [0.717, 1.165) is 0 Å². The lowest BCUT2D eigenvalue weighted by Crippen LogP contribution is -1.98. The number of carboxylic acid groups (broad SMARTS) is 1. The monoisotopic (exact) mass is 196 g/mol. The van der Waals surface area contributed by atoms with Crippen molar-refractivity contribution in [2.75, 3.05) is 6.61 Å². The van der Waals surface area contributed by atoms with Crippen molar-refractivity contribution in [1.82, 2.24) is 0 Å². The van der Waals surface area contributed by atoms with E-state index in [9.17, 15) is 9.59 Å². The maximum absolute atomic E-state index is 9.95. The highest BCUT2D eigenvalue weighted by molar-refractivity contribution is 5.87. The highest BCUT2D eigenvalue weighted by Gasteiger charge is 1.87. The van der Waals surface area contributed by atoms with Gasteiger partial charge in [-0.05, 0) is 6.92 Å². The number of carboxylic acids is 1. The molecule has 0 fully saturated rings. The Morgan fingerprint density at radius 1 is 1.43 bits per heavy atom. The second kappa shape index (κ2) is 11.1. The van der Waals surface area contributed by atoms with Crippen LogP contribution >= 0.6 is 0 Å². The van der Waals surface area contributed by atoms with Crippen LogP contribution in [0, 0.1) is 24.2 Å². The zero-order valence-electron chi connectivity index (χ0n) is 8.16. The van der Waals surface area contributed by atoms with Crippen molar-refractivity contribution in [2.45, 2.75) is 20.3 Å². The molecule has 0 aromatic carbocycles. The summed E-state index contributed by atoms with van der Waals surface area (Å²) in [5, 5.41) is 7.87. The molecule has 1 N–H and O–H groups in total. The fraction of sp³-hybridized carbons (Fsp3) is 0.400. The lowest BCUT2D eigenvalue weighted by atomic mass is 10.5. The smallest absolute Gasteiger partial charge is 0.384 e. The normalized spacial score (nSPS) is 6.64. The standard InChI is InChI=1S/2C5H6O2/c1-3-5(6)7-4-2;1-2-3-4-5(6)7/h1H,4H2,2H3;2H2,1H3,(H,6,7). The molecule has 0 aliphatic rings. The highest BCUT2D eigenvalue weighted by Crippen LogP contribution is 1.70. The van der Waals surface area contributed by atoms with E-state index in [1.54, 1.807) is 19.8 Å². The first-order valence-electron chi connectivity index (χ1n) is 3.93. The van der Waals surface area contributed by atoms with Crippen LogP contribution in [0.2, 0.25) is 0 Å². The summed E-state index contributed by atoms with van der Waals surface area (Å²) in [4.78, 5) is 19.5. The molecule has 4 heteroatoms. The van der Waals surface area contributed by atoms with E-state index in [4.69, 9.17) is 5.11 Å². The van der Waals surface area contributed by atoms with E-state index < -0.39 is 11.9 Å². The van der Waals surface area contributed by atoms with E-state index in [-0.39, 0.29) is 0 Å². The quantitative estimate of drug-likeness (QED) is 0.380. The maximum atomic E-state index is 9.95. The lowest BCUT2D eigenvalue weighted by molar-refractivity contribution is -0.136. The van der Waals surface area contributed by atoms with Crippen molar-refractivity contribution in [2.24, 2.45) is 0 Å². The second-order valence-electron chi connectivity index (χ2n) is 1.83. The Morgan fingerprint density at radius 2 is 2.00 bits per heavy atom. The van der Waals surface area contributed by atoms with Crippen molar-refractivity contribution >= 4 is 11.9 Å². The number of aliphatic carboxylic acids is 1. The summed E-state index contributed by atoms with van der Waals surface area (Å²) in [7, 11) is 0. The predicted octanol–water partition coefficient (Wildman–Crippen LogP) is 0.667. The molecule has 76 valence electrons. The Hall–Kier alpha value is -1.94. The number of hydrogen-bond acceptors (Lipinski definition) is 3. The van der Waals surface area contributed by atoms with Crippen LogP contribution in [0.25, 0.3) is 0 Å². The molecule has 0 saturated carbocycles. The van der Waals surface area contributed by atoms with E-state index in [2.05, 4.69) is 17.1 Å². The van der Waals surface area contributed by atoms with Crippen LogP contribution in [0.15, 0.2) is 0 Å². The summed E-state index contributed by atoms with van der Waals surface area (Å²) in [5.41, 5.74) is 0. The molecular weight excluding hydrogens is 184 g/mol. The first-order chi connectivity index (χ1) is 6.58. The molecule has 0 heterocycles. The first-order valence-corrected chi connectivity index (χ1v) is 3.93. The first kappa shape index (κ1) is 14.6. The molecule has 4 nitrogen and oxygen atoms in total. The summed E-state index contributed by atoms with van der Waals surface area (Å²) < 4.78 is 4.32. The van der Waals surface area contributed by atoms with Crippen LogP contribution in [0.3, 0.4) is 0 Å². The van der Waals surface area contributed by atoms with Crippen LogP contribution in [-0.4, -0.2) is 23.7 Å². The van der Waals surface area contributed by atoms with Crippen molar-refractivity contribution in [1.29, 1.82) is 0 Å². The number of hydrogen-bond donors (Lipinski definition) is 1. The molecule has 0 amide bonds. The average molecular weight is 196 g/mol. The second-order valence-corrected chi connectivity index (χ2v) is 1.83. The number of terminal acetylenes is 1. The van der Waals surface area contributed by atoms with E-state index in [1.165, 1.54) is 0 Å². The number of carbonyl (C=O) groups is 2. The fourth-order valence-electron chi connectivity index (χ4n) is 0.337. The molecule has 0 saturated heterocycles. The molecule has 0 aliphatic carbocycles. The van der Waals surface area contributed by atoms with Gasteiger partial charge >= 0.3 is 11.9 Å². The minimum atomic E-state index is -1.05. The third-order valence-corrected chi connectivity index (χ3v) is 0.765. The Balaban J connectivity index is 0. The molecule has 0 rings (SSSR count). The van der Waals surface area contributed by atoms with Gasteiger partial charge in [-0.15, -0.1) is 6.42 Å². The van der Waals surface area contributed by atoms with Gasteiger partial charge in [-0.25, -0.2) is 9.59 Å². The van der Waals surface area contributed by atoms with Gasteiger partial charge in [-0.2, -0.15) is 0 Å². The van der Waals surface area contributed by atoms with Crippen molar-refractivity contribution in [3.63, 3.8) is 0 Å². The van der Waals surface area contributed by atoms with E-state index in [0.29, 0.717) is 13.0 Å². The molecule has 0 aromatic heterocycles. The topological polar surface area (TPSA) is 63.6 Å². The van der Waals surface area contributed by atoms with E-state index >= 15 is 0 Å². The van der Waals surface area contributed by atoms with Crippen molar-refractivity contribution in [3.8, 4) is 24.2 Å². The molecule has 0 atom stereocenters. The third kappa shape index (κ3) is 16.6. The zero-order chi connectivity index (χ0) is 11.4. The number of ether oxygens (including phenoxy) is 1. The summed E-state index contributed by atoms with van der Waals surface area (Å²) in [5.74, 6) is 4.52. The van der Waals surface area contributed by atoms with Crippen LogP contribution in [-0.2, 0) is 14.3 Å². The summed E-state index contributed by atoms with van der Waals surface area (Å²) in [6.45, 7) is 3.86. The summed E-state index contributed by atoms with van der Waals surface area (Å²) in [6.07, 6.45) is 5.24. The fourth-order valence-corrected chi connectivity index (χ4v) is 0.337. The third-order valence-electron chi connectivity index (χ3n) is 0.765. The largest absolute Gasteiger partial charge is 0.472 e. The Labute approximate surface area is 83.3 Å². The number of carbonyl (C=O) groups excluding carboxylic acids is 1. The van der Waals surface area contributed by atoms with Gasteiger partial charge in [0, 0.05) is 18.3 Å². The van der Waals surface area contributed by atoms with Gasteiger partial charge < -0.3 is 9.84 Å². The van der Waals surface area contributed by atoms with Gasteiger partial charge in [0.1, 0.15) is 0 Å². The number of esters is 1. The van der Waals surface area contributed by atoms with Crippen molar-refractivity contribution in [3.05, 3.63) is 0 Å². The molecule has 0 unspecified atom stereocenters. The lowest BCUT2D eigenvalue weighted by Gasteiger charge is -1.88. The Kier molecular flexibility index (Phi) is 11.5. The molecule has 0 spiro atoms. The van der Waals surface area contributed by atoms with Crippen LogP contribution < -0.4 is 0 Å². The van der Waals surface area contributed by atoms with Crippen LogP contribution in [0.1, 0.15) is 20.3 Å². The van der Waals surface area contributed by atoms with Gasteiger partial charge in [0.2, 0.25) is 0 Å². The predicted molar refractivity (Wildman–Crippen MR) is 51.2 cm³/mol. The molecule has 0 aliphatic heterocycles. The van der Waals surface area contributed by atoms with Gasteiger partial charge in [0.25, 0.3) is 0 Å². The van der Waals surface area contributed by atoms with Gasteiger partial charge in [-0.3, -0.25) is 0 Å². The zero-order valence-corrected chi connectivity index (χ0v) is 8.16. The Bertz CT molecular complexity index is 275. The van der Waals surface area contributed by atoms with Gasteiger partial charge in [0.15, 0.2) is 0 Å². The van der Waals surface area contributed by atoms with Crippen LogP contribution in [0.5, 0.6) is 0 Å². The minimum Gasteiger partial charge on any atom is -0.472 e. The molecule has 0 bridgehead atoms. The summed E-state index contributed by atoms with van der Waals surface area (Å²) in [6, 6.07) is 0. The highest BCUT2D eigenvalue weighted by atomic mass is 16.5. The van der Waals surface area contributed by atoms with Crippen molar-refractivity contribution < 1.29 is 19.4 Å². The SMILES string of the molecule is C#CC(=O)OCC.CCC#CC(=O)O. The van der Waals surface area contributed by atoms with Gasteiger partial charge in [0.05, 0.1) is 6.61 Å². The molecule has 0 radical (unpaired) electrons. The number of rotatable bonds is 1. The van der Waals surface area contributed by atoms with Crippen LogP contribution in [0.4, 0.5) is 0 Å². The molecule has 14 heavy (non-hydrogen) atoms. The maximum Gasteiger partial charge on any atom is 0.384 e. The van der Waals surface area contributed by atoms with E-state index in [1.807, 2.05) is 5.92 Å². The molecule has 0 aromatic rings. The average Bonchev–Trinajstić information content (AvgIpc) is 2.16. The van der Waals surface area contributed by atoms with Gasteiger partial charge in [-0.1, -0.05) is 12.8 Å². The minimum absolute atomic E-state index is 0.350. The summed E-state index contributed by atoms with van der Waals surface area (Å²) >= 11 is 0. The molecular formula is C10H12O4.